The van der Waals surface area contributed by atoms with Gasteiger partial charge in [0.2, 0.25) is 0 Å². The molecule has 1 unspecified atom stereocenters. The van der Waals surface area contributed by atoms with E-state index in [0.29, 0.717) is 11.3 Å². The molecule has 5 heteroatoms. The lowest BCUT2D eigenvalue weighted by Gasteiger charge is -2.22. The van der Waals surface area contributed by atoms with Crippen LogP contribution in [0, 0.1) is 0 Å². The van der Waals surface area contributed by atoms with Crippen molar-refractivity contribution in [2.75, 3.05) is 0 Å². The summed E-state index contributed by atoms with van der Waals surface area (Å²) in [6, 6.07) is 22.0. The van der Waals surface area contributed by atoms with Gasteiger partial charge in [-0.1, -0.05) is 60.7 Å². The van der Waals surface area contributed by atoms with Gasteiger partial charge in [-0.15, -0.1) is 0 Å². The lowest BCUT2D eigenvalue weighted by molar-refractivity contribution is 0.0938. The molecule has 0 aliphatic carbocycles. The number of aromatic hydroxyl groups is 1. The van der Waals surface area contributed by atoms with Crippen LogP contribution in [0.1, 0.15) is 27.7 Å². The van der Waals surface area contributed by atoms with Crippen LogP contribution in [0.4, 0.5) is 0 Å². The Bertz CT molecular complexity index is 1040. The number of amides is 1. The Morgan fingerprint density at radius 2 is 1.73 bits per heavy atom. The van der Waals surface area contributed by atoms with Gasteiger partial charge in [0.1, 0.15) is 11.4 Å². The standard InChI is InChI=1S/C21H17N3O2/c25-18-11-10-14-6-4-5-9-16(14)19(18)20(15-7-2-1-3-8-15)23-21(26)17-12-13-22-24-17/h1-13,20,25H,(H,22,24)(H,23,26). The van der Waals surface area contributed by atoms with Crippen molar-refractivity contribution >= 4 is 16.7 Å². The van der Waals surface area contributed by atoms with E-state index in [2.05, 4.69) is 15.5 Å². The van der Waals surface area contributed by atoms with Crippen molar-refractivity contribution in [2.24, 2.45) is 0 Å². The molecule has 0 aliphatic rings. The summed E-state index contributed by atoms with van der Waals surface area (Å²) in [6.07, 6.45) is 1.53. The highest BCUT2D eigenvalue weighted by molar-refractivity contribution is 5.94. The third-order valence-electron chi connectivity index (χ3n) is 4.39. The monoisotopic (exact) mass is 343 g/mol. The molecule has 26 heavy (non-hydrogen) atoms. The summed E-state index contributed by atoms with van der Waals surface area (Å²) in [5.41, 5.74) is 1.92. The molecule has 1 amide bonds. The van der Waals surface area contributed by atoms with Gasteiger partial charge in [-0.2, -0.15) is 5.10 Å². The topological polar surface area (TPSA) is 78.0 Å². The molecule has 0 saturated heterocycles. The van der Waals surface area contributed by atoms with E-state index in [-0.39, 0.29) is 11.7 Å². The van der Waals surface area contributed by atoms with Gasteiger partial charge in [0, 0.05) is 11.8 Å². The minimum Gasteiger partial charge on any atom is -0.508 e. The maximum atomic E-state index is 12.6. The summed E-state index contributed by atoms with van der Waals surface area (Å²) in [5, 5.41) is 22.0. The Morgan fingerprint density at radius 3 is 2.50 bits per heavy atom. The molecule has 0 saturated carbocycles. The summed E-state index contributed by atoms with van der Waals surface area (Å²) in [6.45, 7) is 0. The number of fused-ring (bicyclic) bond motifs is 1. The summed E-state index contributed by atoms with van der Waals surface area (Å²) < 4.78 is 0. The van der Waals surface area contributed by atoms with Crippen LogP contribution >= 0.6 is 0 Å². The van der Waals surface area contributed by atoms with E-state index >= 15 is 0 Å². The van der Waals surface area contributed by atoms with Crippen LogP contribution < -0.4 is 5.32 Å². The first-order valence-corrected chi connectivity index (χ1v) is 8.30. The highest BCUT2D eigenvalue weighted by Gasteiger charge is 2.23. The number of hydrogen-bond acceptors (Lipinski definition) is 3. The highest BCUT2D eigenvalue weighted by atomic mass is 16.3. The second kappa shape index (κ2) is 6.72. The normalized spacial score (nSPS) is 12.0. The first-order valence-electron chi connectivity index (χ1n) is 8.30. The number of aromatic nitrogens is 2. The minimum atomic E-state index is -0.502. The molecule has 3 aromatic carbocycles. The van der Waals surface area contributed by atoms with Crippen molar-refractivity contribution in [3.63, 3.8) is 0 Å². The van der Waals surface area contributed by atoms with E-state index in [1.54, 1.807) is 12.1 Å². The molecule has 4 rings (SSSR count). The molecule has 1 aromatic heterocycles. The number of nitrogens with zero attached hydrogens (tertiary/aromatic N) is 1. The molecule has 0 radical (unpaired) electrons. The molecular weight excluding hydrogens is 326 g/mol. The predicted molar refractivity (Wildman–Crippen MR) is 100.0 cm³/mol. The van der Waals surface area contributed by atoms with Crippen LogP contribution in [0.2, 0.25) is 0 Å². The average molecular weight is 343 g/mol. The third kappa shape index (κ3) is 2.91. The van der Waals surface area contributed by atoms with Crippen molar-refractivity contribution in [2.45, 2.75) is 6.04 Å². The van der Waals surface area contributed by atoms with Crippen molar-refractivity contribution in [3.05, 3.63) is 95.8 Å². The fourth-order valence-corrected chi connectivity index (χ4v) is 3.15. The first-order chi connectivity index (χ1) is 12.7. The number of phenolic OH excluding ortho intramolecular Hbond substituents is 1. The number of nitrogens with one attached hydrogen (secondary N) is 2. The zero-order valence-electron chi connectivity index (χ0n) is 13.9. The van der Waals surface area contributed by atoms with Crippen molar-refractivity contribution in [3.8, 4) is 5.75 Å². The second-order valence-corrected chi connectivity index (χ2v) is 6.01. The van der Waals surface area contributed by atoms with Gasteiger partial charge >= 0.3 is 0 Å². The largest absolute Gasteiger partial charge is 0.508 e. The zero-order valence-corrected chi connectivity index (χ0v) is 13.9. The lowest BCUT2D eigenvalue weighted by atomic mass is 9.92. The van der Waals surface area contributed by atoms with Crippen molar-refractivity contribution in [1.82, 2.24) is 15.5 Å². The number of carbonyl (C=O) groups excluding carboxylic acids is 1. The molecular formula is C21H17N3O2. The molecule has 0 aliphatic heterocycles. The number of phenols is 1. The maximum absolute atomic E-state index is 12.6. The molecule has 3 N–H and O–H groups in total. The Hall–Kier alpha value is -3.60. The van der Waals surface area contributed by atoms with Crippen LogP contribution in [-0.2, 0) is 0 Å². The van der Waals surface area contributed by atoms with Crippen LogP contribution in [-0.4, -0.2) is 21.2 Å². The van der Waals surface area contributed by atoms with Gasteiger partial charge in [0.25, 0.3) is 5.91 Å². The molecule has 4 aromatic rings. The van der Waals surface area contributed by atoms with E-state index in [9.17, 15) is 9.90 Å². The van der Waals surface area contributed by atoms with Crippen molar-refractivity contribution < 1.29 is 9.90 Å². The van der Waals surface area contributed by atoms with Gasteiger partial charge < -0.3 is 10.4 Å². The smallest absolute Gasteiger partial charge is 0.270 e. The Balaban J connectivity index is 1.86. The Kier molecular flexibility index (Phi) is 4.11. The third-order valence-corrected chi connectivity index (χ3v) is 4.39. The Labute approximate surface area is 150 Å². The molecule has 5 nitrogen and oxygen atoms in total. The highest BCUT2D eigenvalue weighted by Crippen LogP contribution is 2.35. The summed E-state index contributed by atoms with van der Waals surface area (Å²) in [5.74, 6) is -0.147. The van der Waals surface area contributed by atoms with E-state index in [0.717, 1.165) is 16.3 Å². The van der Waals surface area contributed by atoms with Crippen LogP contribution in [0.5, 0.6) is 5.75 Å². The van der Waals surface area contributed by atoms with Gasteiger partial charge in [-0.25, -0.2) is 0 Å². The fraction of sp³-hybridized carbons (Fsp3) is 0.0476. The fourth-order valence-electron chi connectivity index (χ4n) is 3.15. The number of aromatic amines is 1. The van der Waals surface area contributed by atoms with Gasteiger partial charge in [-0.3, -0.25) is 9.89 Å². The summed E-state index contributed by atoms with van der Waals surface area (Å²) in [7, 11) is 0. The minimum absolute atomic E-state index is 0.141. The van der Waals surface area contributed by atoms with Crippen LogP contribution in [0.3, 0.4) is 0 Å². The van der Waals surface area contributed by atoms with E-state index in [1.165, 1.54) is 6.20 Å². The zero-order chi connectivity index (χ0) is 17.9. The number of benzene rings is 3. The number of hydrogen-bond donors (Lipinski definition) is 3. The average Bonchev–Trinajstić information content (AvgIpc) is 3.22. The van der Waals surface area contributed by atoms with Crippen molar-refractivity contribution in [1.29, 1.82) is 0 Å². The number of carbonyl (C=O) groups is 1. The molecule has 0 spiro atoms. The lowest BCUT2D eigenvalue weighted by Crippen LogP contribution is -2.29. The van der Waals surface area contributed by atoms with E-state index in [1.807, 2.05) is 60.7 Å². The second-order valence-electron chi connectivity index (χ2n) is 6.01. The molecule has 128 valence electrons. The maximum Gasteiger partial charge on any atom is 0.270 e. The first kappa shape index (κ1) is 15.9. The summed E-state index contributed by atoms with van der Waals surface area (Å²) in [4.78, 5) is 12.6. The summed E-state index contributed by atoms with van der Waals surface area (Å²) >= 11 is 0. The SMILES string of the molecule is O=C(NC(c1ccccc1)c1c(O)ccc2ccccc12)c1ccn[nH]1. The molecule has 1 heterocycles. The predicted octanol–water partition coefficient (Wildman–Crippen LogP) is 3.79. The number of rotatable bonds is 4. The quantitative estimate of drug-likeness (QED) is 0.527. The van der Waals surface area contributed by atoms with Gasteiger partial charge in [-0.05, 0) is 28.5 Å². The molecule has 1 atom stereocenters. The number of H-pyrrole nitrogens is 1. The van der Waals surface area contributed by atoms with E-state index in [4.69, 9.17) is 0 Å². The molecule has 0 fully saturated rings. The molecule has 0 bridgehead atoms. The van der Waals surface area contributed by atoms with E-state index < -0.39 is 6.04 Å². The van der Waals surface area contributed by atoms with Crippen LogP contribution in [0.25, 0.3) is 10.8 Å². The van der Waals surface area contributed by atoms with Gasteiger partial charge in [0.05, 0.1) is 6.04 Å². The van der Waals surface area contributed by atoms with Crippen LogP contribution in [0.15, 0.2) is 79.0 Å². The van der Waals surface area contributed by atoms with Gasteiger partial charge in [0.15, 0.2) is 0 Å². The Morgan fingerprint density at radius 1 is 0.962 bits per heavy atom.